The van der Waals surface area contributed by atoms with Crippen molar-refractivity contribution in [2.45, 2.75) is 20.0 Å². The van der Waals surface area contributed by atoms with Gasteiger partial charge in [-0.2, -0.15) is 0 Å². The van der Waals surface area contributed by atoms with E-state index in [1.807, 2.05) is 6.92 Å². The van der Waals surface area contributed by atoms with E-state index in [-0.39, 0.29) is 5.56 Å². The molecule has 0 unspecified atom stereocenters. The van der Waals surface area contributed by atoms with Crippen LogP contribution >= 0.6 is 0 Å². The fourth-order valence-electron chi connectivity index (χ4n) is 2.53. The van der Waals surface area contributed by atoms with Crippen LogP contribution in [0.25, 0.3) is 0 Å². The van der Waals surface area contributed by atoms with E-state index >= 15 is 0 Å². The fourth-order valence-corrected chi connectivity index (χ4v) is 2.53. The molecule has 0 heterocycles. The molecule has 0 aliphatic carbocycles. The van der Waals surface area contributed by atoms with Crippen molar-refractivity contribution in [3.05, 3.63) is 59.7 Å². The number of imide groups is 1. The zero-order valence-electron chi connectivity index (χ0n) is 16.6. The van der Waals surface area contributed by atoms with Gasteiger partial charge >= 0.3 is 12.0 Å². The Morgan fingerprint density at radius 1 is 1.00 bits per heavy atom. The van der Waals surface area contributed by atoms with Gasteiger partial charge in [0.2, 0.25) is 6.10 Å². The van der Waals surface area contributed by atoms with Crippen molar-refractivity contribution in [2.24, 2.45) is 0 Å². The Hall–Kier alpha value is -3.55. The average Bonchev–Trinajstić information content (AvgIpc) is 2.73. The lowest BCUT2D eigenvalue weighted by molar-refractivity contribution is -0.129. The van der Waals surface area contributed by atoms with Crippen LogP contribution in [0.3, 0.4) is 0 Å². The van der Waals surface area contributed by atoms with Crippen molar-refractivity contribution < 1.29 is 28.6 Å². The van der Waals surface area contributed by atoms with Gasteiger partial charge in [-0.15, -0.1) is 0 Å². The highest BCUT2D eigenvalue weighted by molar-refractivity contribution is 5.99. The molecule has 0 saturated heterocycles. The summed E-state index contributed by atoms with van der Waals surface area (Å²) in [5.74, 6) is -0.649. The number of nitrogens with one attached hydrogen (secondary N) is 2. The summed E-state index contributed by atoms with van der Waals surface area (Å²) in [6, 6.07) is 12.3. The first kappa shape index (κ1) is 21.7. The molecular formula is C21H24N2O6. The zero-order valence-corrected chi connectivity index (χ0v) is 16.6. The van der Waals surface area contributed by atoms with Gasteiger partial charge in [0.1, 0.15) is 0 Å². The van der Waals surface area contributed by atoms with Crippen LogP contribution in [0.1, 0.15) is 35.9 Å². The SMILES string of the molecule is CCNC(=O)NC(=O)[C@@H](OC(=O)c1ccc(OCC)c(OC)c1)c1ccccc1. The molecule has 3 amide bonds. The smallest absolute Gasteiger partial charge is 0.339 e. The normalized spacial score (nSPS) is 11.1. The Balaban J connectivity index is 2.25. The van der Waals surface area contributed by atoms with Gasteiger partial charge in [0.05, 0.1) is 19.3 Å². The van der Waals surface area contributed by atoms with Gasteiger partial charge in [-0.3, -0.25) is 10.1 Å². The Labute approximate surface area is 169 Å². The van der Waals surface area contributed by atoms with E-state index < -0.39 is 24.0 Å². The van der Waals surface area contributed by atoms with E-state index in [9.17, 15) is 14.4 Å². The first-order chi connectivity index (χ1) is 14.0. The van der Waals surface area contributed by atoms with Gasteiger partial charge in [0.25, 0.3) is 5.91 Å². The van der Waals surface area contributed by atoms with E-state index in [0.717, 1.165) is 0 Å². The molecule has 0 aromatic heterocycles. The molecule has 2 aromatic carbocycles. The lowest BCUT2D eigenvalue weighted by Gasteiger charge is -2.18. The third-order valence-electron chi connectivity index (χ3n) is 3.84. The molecule has 154 valence electrons. The minimum absolute atomic E-state index is 0.178. The van der Waals surface area contributed by atoms with Gasteiger partial charge < -0.3 is 19.5 Å². The fraction of sp³-hybridized carbons (Fsp3) is 0.286. The van der Waals surface area contributed by atoms with Crippen molar-refractivity contribution in [1.82, 2.24) is 10.6 Å². The first-order valence-electron chi connectivity index (χ1n) is 9.15. The van der Waals surface area contributed by atoms with E-state index in [1.54, 1.807) is 43.3 Å². The number of methoxy groups -OCH3 is 1. The molecule has 8 heteroatoms. The molecule has 29 heavy (non-hydrogen) atoms. The number of carbonyl (C=O) groups excluding carboxylic acids is 3. The van der Waals surface area contributed by atoms with Crippen molar-refractivity contribution in [2.75, 3.05) is 20.3 Å². The second kappa shape index (κ2) is 10.7. The van der Waals surface area contributed by atoms with E-state index in [2.05, 4.69) is 10.6 Å². The maximum atomic E-state index is 12.7. The highest BCUT2D eigenvalue weighted by Crippen LogP contribution is 2.29. The van der Waals surface area contributed by atoms with Crippen LogP contribution in [0.5, 0.6) is 11.5 Å². The van der Waals surface area contributed by atoms with Crippen molar-refractivity contribution >= 4 is 17.9 Å². The number of hydrogen-bond acceptors (Lipinski definition) is 6. The molecule has 0 aliphatic heterocycles. The minimum Gasteiger partial charge on any atom is -0.493 e. The third kappa shape index (κ3) is 5.97. The van der Waals surface area contributed by atoms with Crippen LogP contribution in [0.2, 0.25) is 0 Å². The summed E-state index contributed by atoms with van der Waals surface area (Å²) < 4.78 is 16.1. The third-order valence-corrected chi connectivity index (χ3v) is 3.84. The van der Waals surface area contributed by atoms with Gasteiger partial charge in [0, 0.05) is 12.1 Å². The molecule has 2 N–H and O–H groups in total. The number of amides is 3. The lowest BCUT2D eigenvalue weighted by atomic mass is 10.1. The summed E-state index contributed by atoms with van der Waals surface area (Å²) in [4.78, 5) is 37.0. The number of hydrogen-bond donors (Lipinski definition) is 2. The standard InChI is InChI=1S/C21H24N2O6/c1-4-22-21(26)23-19(24)18(14-9-7-6-8-10-14)29-20(25)15-11-12-16(28-5-2)17(13-15)27-3/h6-13,18H,4-5H2,1-3H3,(H2,22,23,24,26)/t18-/m0/s1. The maximum Gasteiger partial charge on any atom is 0.339 e. The lowest BCUT2D eigenvalue weighted by Crippen LogP contribution is -2.42. The molecule has 8 nitrogen and oxygen atoms in total. The Kier molecular flexibility index (Phi) is 8.02. The van der Waals surface area contributed by atoms with E-state index in [0.29, 0.717) is 30.2 Å². The van der Waals surface area contributed by atoms with Crippen LogP contribution in [0.4, 0.5) is 4.79 Å². The molecule has 2 aromatic rings. The molecule has 0 fully saturated rings. The minimum atomic E-state index is -1.30. The molecule has 0 radical (unpaired) electrons. The number of benzene rings is 2. The summed E-state index contributed by atoms with van der Waals surface area (Å²) in [6.45, 7) is 4.34. The van der Waals surface area contributed by atoms with Crippen molar-refractivity contribution in [1.29, 1.82) is 0 Å². The first-order valence-corrected chi connectivity index (χ1v) is 9.15. The van der Waals surface area contributed by atoms with E-state index in [4.69, 9.17) is 14.2 Å². The predicted octanol–water partition coefficient (Wildman–Crippen LogP) is 2.84. The molecule has 2 rings (SSSR count). The second-order valence-corrected chi connectivity index (χ2v) is 5.84. The van der Waals surface area contributed by atoms with Gasteiger partial charge in [0.15, 0.2) is 11.5 Å². The van der Waals surface area contributed by atoms with Crippen LogP contribution in [0, 0.1) is 0 Å². The van der Waals surface area contributed by atoms with Crippen LogP contribution in [-0.2, 0) is 9.53 Å². The Morgan fingerprint density at radius 3 is 2.34 bits per heavy atom. The quantitative estimate of drug-likeness (QED) is 0.661. The molecular weight excluding hydrogens is 376 g/mol. The molecule has 0 bridgehead atoms. The maximum absolute atomic E-state index is 12.7. The molecule has 0 saturated carbocycles. The van der Waals surface area contributed by atoms with Crippen LogP contribution < -0.4 is 20.1 Å². The van der Waals surface area contributed by atoms with Gasteiger partial charge in [-0.05, 0) is 32.0 Å². The summed E-state index contributed by atoms with van der Waals surface area (Å²) in [5.41, 5.74) is 0.609. The van der Waals surface area contributed by atoms with E-state index in [1.165, 1.54) is 19.2 Å². The van der Waals surface area contributed by atoms with Crippen LogP contribution in [0.15, 0.2) is 48.5 Å². The number of carbonyl (C=O) groups is 3. The largest absolute Gasteiger partial charge is 0.493 e. The number of rotatable bonds is 8. The zero-order chi connectivity index (χ0) is 21.2. The molecule has 0 spiro atoms. The summed E-state index contributed by atoms with van der Waals surface area (Å²) in [5, 5.41) is 4.63. The number of esters is 1. The number of ether oxygens (including phenoxy) is 3. The monoisotopic (exact) mass is 400 g/mol. The van der Waals surface area contributed by atoms with Crippen LogP contribution in [-0.4, -0.2) is 38.2 Å². The second-order valence-electron chi connectivity index (χ2n) is 5.84. The average molecular weight is 400 g/mol. The number of urea groups is 1. The Bertz CT molecular complexity index is 854. The molecule has 0 aliphatic rings. The topological polar surface area (TPSA) is 103 Å². The van der Waals surface area contributed by atoms with Gasteiger partial charge in [-0.25, -0.2) is 9.59 Å². The van der Waals surface area contributed by atoms with Crippen molar-refractivity contribution in [3.8, 4) is 11.5 Å². The van der Waals surface area contributed by atoms with Gasteiger partial charge in [-0.1, -0.05) is 30.3 Å². The summed E-state index contributed by atoms with van der Waals surface area (Å²) >= 11 is 0. The summed E-state index contributed by atoms with van der Waals surface area (Å²) in [7, 11) is 1.46. The Morgan fingerprint density at radius 2 is 1.72 bits per heavy atom. The highest BCUT2D eigenvalue weighted by Gasteiger charge is 2.27. The van der Waals surface area contributed by atoms with Crippen molar-refractivity contribution in [3.63, 3.8) is 0 Å². The highest BCUT2D eigenvalue weighted by atomic mass is 16.5. The summed E-state index contributed by atoms with van der Waals surface area (Å²) in [6.07, 6.45) is -1.30. The molecule has 1 atom stereocenters. The predicted molar refractivity (Wildman–Crippen MR) is 106 cm³/mol.